The van der Waals surface area contributed by atoms with Crippen molar-refractivity contribution < 1.29 is 22.6 Å². The van der Waals surface area contributed by atoms with E-state index in [9.17, 15) is 0 Å². The number of oxazole rings is 3. The van der Waals surface area contributed by atoms with Crippen LogP contribution < -0.4 is 5.46 Å². The molecule has 3 aliphatic rings. The minimum Gasteiger partial charge on any atom is -0.436 e. The van der Waals surface area contributed by atoms with E-state index in [-0.39, 0.29) is 25.7 Å². The van der Waals surface area contributed by atoms with Gasteiger partial charge in [-0.2, -0.15) is 0 Å². The summed E-state index contributed by atoms with van der Waals surface area (Å²) in [5, 5.41) is 4.91. The third-order valence-electron chi connectivity index (χ3n) is 27.3. The number of nitrogens with zero attached hydrogens (tertiary/aromatic N) is 5. The molecule has 2 aliphatic carbocycles. The van der Waals surface area contributed by atoms with Gasteiger partial charge in [-0.25, -0.2) is 15.0 Å². The molecule has 1 aliphatic heterocycles. The van der Waals surface area contributed by atoms with E-state index in [1.54, 1.807) is 0 Å². The molecular weight excluding hydrogens is 1760 g/mol. The first-order valence-corrected chi connectivity index (χ1v) is 46.2. The van der Waals surface area contributed by atoms with Crippen LogP contribution in [0, 0.1) is 0 Å². The summed E-state index contributed by atoms with van der Waals surface area (Å²) < 4.78 is 37.2. The average molecular weight is 1850 g/mol. The van der Waals surface area contributed by atoms with Gasteiger partial charge in [-0.3, -0.25) is 0 Å². The van der Waals surface area contributed by atoms with E-state index in [2.05, 4.69) is 401 Å². The van der Waals surface area contributed by atoms with Gasteiger partial charge in [-0.1, -0.05) is 306 Å². The van der Waals surface area contributed by atoms with Crippen molar-refractivity contribution in [1.29, 1.82) is 0 Å². The number of hydrogen-bond acceptors (Lipinski definition) is 8. The van der Waals surface area contributed by atoms with Crippen LogP contribution in [0.1, 0.15) is 79.6 Å². The molecule has 6 heterocycles. The Morgan fingerprint density at radius 2 is 0.556 bits per heavy atom. The van der Waals surface area contributed by atoms with Crippen molar-refractivity contribution in [2.45, 2.75) is 57.2 Å². The zero-order valence-electron chi connectivity index (χ0n) is 72.5. The molecule has 1 fully saturated rings. The molecule has 10 nitrogen and oxygen atoms in total. The summed E-state index contributed by atoms with van der Waals surface area (Å²) in [5.74, 6) is 1.87. The first kappa shape index (κ1) is 82.3. The van der Waals surface area contributed by atoms with Crippen LogP contribution in [0.25, 0.3) is 167 Å². The van der Waals surface area contributed by atoms with E-state index in [1.807, 2.05) is 97.1 Å². The van der Waals surface area contributed by atoms with Crippen LogP contribution in [0.4, 0.5) is 0 Å². The number of halogens is 2. The first-order chi connectivity index (χ1) is 64.7. The van der Waals surface area contributed by atoms with E-state index < -0.39 is 10.8 Å². The predicted molar refractivity (Wildman–Crippen MR) is 550 cm³/mol. The molecular formula is C120H86BBr2N5O5. The Morgan fingerprint density at radius 1 is 0.256 bits per heavy atom. The quantitative estimate of drug-likeness (QED) is 0.111. The average Bonchev–Trinajstić information content (AvgIpc) is 1.53. The van der Waals surface area contributed by atoms with E-state index >= 15 is 0 Å². The number of para-hydroxylation sites is 8. The maximum atomic E-state index is 6.14. The topological polar surface area (TPSA) is 106 Å². The minimum atomic E-state index is -0.604. The van der Waals surface area contributed by atoms with Gasteiger partial charge in [0.15, 0.2) is 16.7 Å². The highest BCUT2D eigenvalue weighted by molar-refractivity contribution is 9.10. The third-order valence-corrected chi connectivity index (χ3v) is 28.3. The van der Waals surface area contributed by atoms with Gasteiger partial charge in [-0.15, -0.1) is 0 Å². The molecule has 0 spiro atoms. The minimum absolute atomic E-state index is 0. The van der Waals surface area contributed by atoms with Crippen LogP contribution in [0.5, 0.6) is 0 Å². The zero-order chi connectivity index (χ0) is 88.6. The second kappa shape index (κ2) is 32.8. The van der Waals surface area contributed by atoms with Gasteiger partial charge in [0.1, 0.15) is 16.6 Å². The largest absolute Gasteiger partial charge is 0.494 e. The summed E-state index contributed by atoms with van der Waals surface area (Å²) in [6.07, 6.45) is 0. The van der Waals surface area contributed by atoms with Gasteiger partial charge in [-0.05, 0) is 280 Å². The molecule has 5 aromatic heterocycles. The fraction of sp³-hybridized carbons (Fsp3) is 0.0750. The lowest BCUT2D eigenvalue weighted by molar-refractivity contribution is 0.00578. The highest BCUT2D eigenvalue weighted by Gasteiger charge is 2.53. The Labute approximate surface area is 787 Å². The Hall–Kier alpha value is -15.1. The molecule has 23 aromatic rings. The van der Waals surface area contributed by atoms with Crippen molar-refractivity contribution >= 4 is 121 Å². The van der Waals surface area contributed by atoms with Gasteiger partial charge in [0.05, 0.1) is 44.1 Å². The summed E-state index contributed by atoms with van der Waals surface area (Å²) in [7, 11) is -0.354. The summed E-state index contributed by atoms with van der Waals surface area (Å²) in [4.78, 5) is 14.0. The van der Waals surface area contributed by atoms with E-state index in [4.69, 9.17) is 32.5 Å². The van der Waals surface area contributed by atoms with Gasteiger partial charge in [0, 0.05) is 58.6 Å². The standard InChI is InChI=1S/C63H39N3O2.C37H23Br2N.C19H20BNO3.CH4/c1-4-14-46(15-5-1)63(47-16-6-2-7-17-47)53-36-44(40-24-28-42(29-25-40)61-64-55-20-10-12-22-59(55)67-61)32-34-49(53)51-39-58-52(38-54(51)63)50-35-33-45(37-57(50)66(58)48-18-8-3-9-19-48)41-26-30-43(31-27-41)62-65-56-21-11-13-23-60(56)68-62;38-26-16-18-29-31-23-36-32(30-19-17-27(39)21-35(30)40(36)28-14-8-3-9-15-28)22-34(31)37(33(29)20-26,24-10-4-1-5-11-24)25-12-6-2-7-13-25;1-18(2)19(3,4)24-20(23-18)14-11-9-13(10-12-14)17-21-15-7-5-6-8-16(15)22-17;/h1-39H;1-23H;5-12H,1-4H3;1H4. The number of fused-ring (bicyclic) bond motifs is 15. The van der Waals surface area contributed by atoms with Gasteiger partial charge >= 0.3 is 7.12 Å². The van der Waals surface area contributed by atoms with Crippen LogP contribution >= 0.6 is 31.9 Å². The molecule has 26 rings (SSSR count). The first-order valence-electron chi connectivity index (χ1n) is 44.6. The van der Waals surface area contributed by atoms with Crippen molar-refractivity contribution in [3.63, 3.8) is 0 Å². The van der Waals surface area contributed by atoms with Gasteiger partial charge in [0.25, 0.3) is 0 Å². The van der Waals surface area contributed by atoms with Crippen molar-refractivity contribution in [1.82, 2.24) is 24.1 Å². The Kier molecular flexibility index (Phi) is 20.3. The maximum Gasteiger partial charge on any atom is 0.494 e. The summed E-state index contributed by atoms with van der Waals surface area (Å²) in [6.45, 7) is 8.22. The normalized spacial score (nSPS) is 14.0. The molecule has 1 saturated heterocycles. The van der Waals surface area contributed by atoms with Crippen molar-refractivity contribution in [3.05, 3.63) is 478 Å². The monoisotopic (exact) mass is 1850 g/mol. The van der Waals surface area contributed by atoms with Crippen LogP contribution in [-0.2, 0) is 20.1 Å². The van der Waals surface area contributed by atoms with Crippen molar-refractivity contribution in [3.8, 4) is 90.2 Å². The van der Waals surface area contributed by atoms with E-state index in [0.29, 0.717) is 17.7 Å². The maximum absolute atomic E-state index is 6.14. The SMILES string of the molecule is Brc1ccc2c(c1)C(c1ccccc1)(c1ccccc1)c1cc3c4ccc(Br)cc4n(-c4ccccc4)c3cc1-2.C.CC1(C)OB(c2ccc(-c3nc4ccccc4o3)cc2)OC1(C)C.c1ccc(-n2c3cc(-c4ccc(-c5nc6ccccc6o5)cc4)ccc3c3cc4c(cc32)-c2ccc(-c3ccc(-c5nc6ccccc6o5)cc3)cc2C4(c2ccccc2)c2ccccc2)cc1. The van der Waals surface area contributed by atoms with Crippen LogP contribution in [0.3, 0.4) is 0 Å². The van der Waals surface area contributed by atoms with Gasteiger partial charge in [0.2, 0.25) is 17.7 Å². The Balaban J connectivity index is 0.000000129. The number of aromatic nitrogens is 5. The fourth-order valence-corrected chi connectivity index (χ4v) is 21.1. The molecule has 638 valence electrons. The molecule has 0 atom stereocenters. The lowest BCUT2D eigenvalue weighted by Gasteiger charge is -2.34. The molecule has 13 heteroatoms. The lowest BCUT2D eigenvalue weighted by Crippen LogP contribution is -2.41. The Bertz CT molecular complexity index is 8210. The lowest BCUT2D eigenvalue weighted by atomic mass is 9.67. The molecule has 0 amide bonds. The van der Waals surface area contributed by atoms with Crippen LogP contribution in [0.2, 0.25) is 0 Å². The molecule has 0 radical (unpaired) electrons. The van der Waals surface area contributed by atoms with E-state index in [1.165, 1.54) is 99.3 Å². The summed E-state index contributed by atoms with van der Waals surface area (Å²) in [5.41, 5.74) is 33.7. The van der Waals surface area contributed by atoms with Crippen LogP contribution in [-0.4, -0.2) is 42.4 Å². The van der Waals surface area contributed by atoms with Crippen LogP contribution in [0.15, 0.2) is 447 Å². The molecule has 18 aromatic carbocycles. The predicted octanol–water partition coefficient (Wildman–Crippen LogP) is 31.2. The second-order valence-electron chi connectivity index (χ2n) is 35.3. The van der Waals surface area contributed by atoms with Crippen molar-refractivity contribution in [2.75, 3.05) is 0 Å². The molecule has 0 N–H and O–H groups in total. The zero-order valence-corrected chi connectivity index (χ0v) is 75.7. The summed E-state index contributed by atoms with van der Waals surface area (Å²) >= 11 is 7.56. The number of hydrogen-bond donors (Lipinski definition) is 0. The molecule has 133 heavy (non-hydrogen) atoms. The molecule has 0 unspecified atom stereocenters. The second-order valence-corrected chi connectivity index (χ2v) is 37.1. The highest BCUT2D eigenvalue weighted by Crippen LogP contribution is 2.61. The fourth-order valence-electron chi connectivity index (χ4n) is 20.4. The number of benzene rings is 18. The Morgan fingerprint density at radius 3 is 0.970 bits per heavy atom. The number of rotatable bonds is 12. The van der Waals surface area contributed by atoms with Gasteiger partial charge < -0.3 is 31.7 Å². The molecule has 0 bridgehead atoms. The van der Waals surface area contributed by atoms with Crippen molar-refractivity contribution in [2.24, 2.45) is 0 Å². The highest BCUT2D eigenvalue weighted by atomic mass is 79.9. The molecule has 0 saturated carbocycles. The smallest absolute Gasteiger partial charge is 0.436 e. The summed E-state index contributed by atoms with van der Waals surface area (Å²) in [6, 6.07) is 151. The van der Waals surface area contributed by atoms with E-state index in [0.717, 1.165) is 109 Å². The third kappa shape index (κ3) is 13.8.